The van der Waals surface area contributed by atoms with E-state index in [1.807, 2.05) is 26.0 Å². The lowest BCUT2D eigenvalue weighted by Gasteiger charge is -2.27. The zero-order valence-electron chi connectivity index (χ0n) is 20.9. The van der Waals surface area contributed by atoms with Gasteiger partial charge < -0.3 is 20.7 Å². The van der Waals surface area contributed by atoms with Crippen LogP contribution in [0.1, 0.15) is 55.5 Å². The summed E-state index contributed by atoms with van der Waals surface area (Å²) in [6.07, 6.45) is 9.78. The second-order valence-corrected chi connectivity index (χ2v) is 9.54. The van der Waals surface area contributed by atoms with Crippen LogP contribution in [0.15, 0.2) is 30.7 Å². The number of nitrogens with zero attached hydrogens (tertiary/aromatic N) is 6. The average Bonchev–Trinajstić information content (AvgIpc) is 3.48. The number of carbonyl (C=O) groups is 1. The van der Waals surface area contributed by atoms with Gasteiger partial charge in [-0.25, -0.2) is 9.97 Å². The fourth-order valence-electron chi connectivity index (χ4n) is 4.81. The number of aromatic nitrogens is 6. The van der Waals surface area contributed by atoms with Crippen molar-refractivity contribution < 1.29 is 9.90 Å². The van der Waals surface area contributed by atoms with E-state index < -0.39 is 6.61 Å². The standard InChI is InChI=1S/C26H32N8O2/c1-4-18(33(3)22(36)14-35)8-10-20-23(16-5-6-16)24(27)34-26(32-20)19(13-30-34)17-7-9-21(28-12-17)25-29-11-15(2)31-25/h7,9,11-13,16,18,35H,4-6,8,10,14,27H2,1-3H3,(H,29,31)/t18-/m1/s1. The predicted octanol–water partition coefficient (Wildman–Crippen LogP) is 3.11. The summed E-state index contributed by atoms with van der Waals surface area (Å²) in [5.74, 6) is 1.49. The molecule has 4 aromatic rings. The van der Waals surface area contributed by atoms with Gasteiger partial charge in [-0.2, -0.15) is 9.61 Å². The highest BCUT2D eigenvalue weighted by Gasteiger charge is 2.31. The molecule has 10 nitrogen and oxygen atoms in total. The van der Waals surface area contributed by atoms with Crippen molar-refractivity contribution in [3.63, 3.8) is 0 Å². The van der Waals surface area contributed by atoms with Crippen molar-refractivity contribution in [2.45, 2.75) is 57.9 Å². The Morgan fingerprint density at radius 2 is 2.08 bits per heavy atom. The Morgan fingerprint density at radius 1 is 1.28 bits per heavy atom. The van der Waals surface area contributed by atoms with E-state index in [2.05, 4.69) is 20.1 Å². The SMILES string of the molecule is CC[C@H](CCc1nc2c(-c3ccc(-c4ncc(C)[nH]4)nc3)cnn2c(N)c1C1CC1)N(C)C(=O)CO. The Labute approximate surface area is 209 Å². The number of anilines is 1. The van der Waals surface area contributed by atoms with E-state index in [1.165, 1.54) is 0 Å². The lowest BCUT2D eigenvalue weighted by molar-refractivity contribution is -0.135. The third-order valence-corrected chi connectivity index (χ3v) is 7.07. The number of nitrogen functional groups attached to an aromatic ring is 1. The van der Waals surface area contributed by atoms with Crippen molar-refractivity contribution in [3.8, 4) is 22.6 Å². The second kappa shape index (κ2) is 9.69. The summed E-state index contributed by atoms with van der Waals surface area (Å²) in [7, 11) is 1.75. The number of amides is 1. The largest absolute Gasteiger partial charge is 0.387 e. The molecule has 10 heteroatoms. The van der Waals surface area contributed by atoms with E-state index in [1.54, 1.807) is 35.1 Å². The number of aliphatic hydroxyl groups is 1. The van der Waals surface area contributed by atoms with Crippen molar-refractivity contribution >= 4 is 17.4 Å². The maximum absolute atomic E-state index is 12.0. The Bertz CT molecular complexity index is 1390. The average molecular weight is 489 g/mol. The highest BCUT2D eigenvalue weighted by Crippen LogP contribution is 2.45. The van der Waals surface area contributed by atoms with Crippen LogP contribution in [-0.2, 0) is 11.2 Å². The molecule has 1 aliphatic rings. The van der Waals surface area contributed by atoms with Crippen molar-refractivity contribution in [3.05, 3.63) is 47.7 Å². The summed E-state index contributed by atoms with van der Waals surface area (Å²) in [6.45, 7) is 3.52. The molecule has 0 aromatic carbocycles. The number of rotatable bonds is 9. The van der Waals surface area contributed by atoms with Crippen LogP contribution in [0.4, 0.5) is 5.82 Å². The predicted molar refractivity (Wildman–Crippen MR) is 137 cm³/mol. The van der Waals surface area contributed by atoms with Gasteiger partial charge in [-0.1, -0.05) is 13.0 Å². The van der Waals surface area contributed by atoms with E-state index in [0.717, 1.165) is 65.3 Å². The van der Waals surface area contributed by atoms with Gasteiger partial charge in [-0.3, -0.25) is 9.78 Å². The number of H-pyrrole nitrogens is 1. The number of aliphatic hydroxyl groups excluding tert-OH is 1. The second-order valence-electron chi connectivity index (χ2n) is 9.54. The lowest BCUT2D eigenvalue weighted by Crippen LogP contribution is -2.38. The summed E-state index contributed by atoms with van der Waals surface area (Å²) < 4.78 is 1.73. The molecule has 188 valence electrons. The van der Waals surface area contributed by atoms with Crippen LogP contribution in [0.5, 0.6) is 0 Å². The molecule has 1 aliphatic carbocycles. The van der Waals surface area contributed by atoms with Crippen LogP contribution in [0.3, 0.4) is 0 Å². The third kappa shape index (κ3) is 4.44. The quantitative estimate of drug-likeness (QED) is 0.329. The minimum Gasteiger partial charge on any atom is -0.387 e. The Morgan fingerprint density at radius 3 is 2.69 bits per heavy atom. The van der Waals surface area contributed by atoms with Gasteiger partial charge >= 0.3 is 0 Å². The van der Waals surface area contributed by atoms with E-state index in [9.17, 15) is 9.90 Å². The summed E-state index contributed by atoms with van der Waals surface area (Å²) in [5.41, 5.74) is 12.9. The summed E-state index contributed by atoms with van der Waals surface area (Å²) >= 11 is 0. The molecular weight excluding hydrogens is 456 g/mol. The molecule has 4 heterocycles. The molecule has 1 amide bonds. The Balaban J connectivity index is 1.48. The maximum atomic E-state index is 12.0. The van der Waals surface area contributed by atoms with Gasteiger partial charge in [0, 0.05) is 47.9 Å². The maximum Gasteiger partial charge on any atom is 0.248 e. The van der Waals surface area contributed by atoms with Crippen molar-refractivity contribution in [1.82, 2.24) is 34.4 Å². The first kappa shape index (κ1) is 23.9. The normalized spacial score (nSPS) is 14.3. The molecular formula is C26H32N8O2. The van der Waals surface area contributed by atoms with Crippen LogP contribution < -0.4 is 5.73 Å². The summed E-state index contributed by atoms with van der Waals surface area (Å²) in [6, 6.07) is 3.94. The molecule has 0 saturated heterocycles. The summed E-state index contributed by atoms with van der Waals surface area (Å²) in [5, 5.41) is 13.8. The number of likely N-dealkylation sites (N-methyl/N-ethyl adjacent to an activating group) is 1. The molecule has 1 atom stereocenters. The number of aromatic amines is 1. The minimum absolute atomic E-state index is 0.0160. The van der Waals surface area contributed by atoms with Gasteiger partial charge in [0.05, 0.1) is 11.9 Å². The lowest BCUT2D eigenvalue weighted by atomic mass is 10.0. The van der Waals surface area contributed by atoms with Crippen LogP contribution >= 0.6 is 0 Å². The van der Waals surface area contributed by atoms with Crippen molar-refractivity contribution in [2.24, 2.45) is 0 Å². The fourth-order valence-corrected chi connectivity index (χ4v) is 4.81. The van der Waals surface area contributed by atoms with Gasteiger partial charge in [0.25, 0.3) is 0 Å². The zero-order valence-corrected chi connectivity index (χ0v) is 20.9. The zero-order chi connectivity index (χ0) is 25.4. The van der Waals surface area contributed by atoms with Crippen molar-refractivity contribution in [1.29, 1.82) is 0 Å². The number of carbonyl (C=O) groups excluding carboxylic acids is 1. The molecule has 0 spiro atoms. The highest BCUT2D eigenvalue weighted by molar-refractivity contribution is 5.79. The molecule has 5 rings (SSSR count). The molecule has 0 unspecified atom stereocenters. The van der Waals surface area contributed by atoms with Crippen LogP contribution in [-0.4, -0.2) is 65.2 Å². The summed E-state index contributed by atoms with van der Waals surface area (Å²) in [4.78, 5) is 30.9. The monoisotopic (exact) mass is 488 g/mol. The molecule has 36 heavy (non-hydrogen) atoms. The number of nitrogens with one attached hydrogen (secondary N) is 1. The Hall–Kier alpha value is -3.79. The number of pyridine rings is 1. The molecule has 1 saturated carbocycles. The fraction of sp³-hybridized carbons (Fsp3) is 0.423. The number of aryl methyl sites for hydroxylation is 2. The molecule has 1 fully saturated rings. The number of imidazole rings is 1. The number of fused-ring (bicyclic) bond motifs is 1. The van der Waals surface area contributed by atoms with E-state index >= 15 is 0 Å². The number of hydrogen-bond donors (Lipinski definition) is 3. The van der Waals surface area contributed by atoms with Crippen LogP contribution in [0, 0.1) is 6.92 Å². The van der Waals surface area contributed by atoms with E-state index in [-0.39, 0.29) is 11.9 Å². The van der Waals surface area contributed by atoms with Gasteiger partial charge in [0.1, 0.15) is 18.1 Å². The van der Waals surface area contributed by atoms with Crippen LogP contribution in [0.25, 0.3) is 28.3 Å². The topological polar surface area (TPSA) is 138 Å². The first-order chi connectivity index (χ1) is 17.4. The molecule has 0 bridgehead atoms. The molecule has 0 radical (unpaired) electrons. The van der Waals surface area contributed by atoms with E-state index in [4.69, 9.17) is 10.7 Å². The third-order valence-electron chi connectivity index (χ3n) is 7.07. The number of nitrogens with two attached hydrogens (primary N) is 1. The van der Waals surface area contributed by atoms with Gasteiger partial charge in [-0.05, 0) is 51.0 Å². The van der Waals surface area contributed by atoms with Gasteiger partial charge in [-0.15, -0.1) is 0 Å². The van der Waals surface area contributed by atoms with Gasteiger partial charge in [0.15, 0.2) is 11.5 Å². The molecule has 4 N–H and O–H groups in total. The highest BCUT2D eigenvalue weighted by atomic mass is 16.3. The Kier molecular flexibility index (Phi) is 6.44. The van der Waals surface area contributed by atoms with Crippen molar-refractivity contribution in [2.75, 3.05) is 19.4 Å². The number of hydrogen-bond acceptors (Lipinski definition) is 7. The smallest absolute Gasteiger partial charge is 0.248 e. The molecule has 4 aromatic heterocycles. The van der Waals surface area contributed by atoms with Gasteiger partial charge in [0.2, 0.25) is 5.91 Å². The first-order valence-electron chi connectivity index (χ1n) is 12.4. The molecule has 0 aliphatic heterocycles. The van der Waals surface area contributed by atoms with Crippen LogP contribution in [0.2, 0.25) is 0 Å². The first-order valence-corrected chi connectivity index (χ1v) is 12.4. The minimum atomic E-state index is -0.483. The van der Waals surface area contributed by atoms with E-state index in [0.29, 0.717) is 23.8 Å².